The van der Waals surface area contributed by atoms with E-state index in [0.29, 0.717) is 5.82 Å². The fraction of sp³-hybridized carbons (Fsp3) is 0.240. The van der Waals surface area contributed by atoms with Crippen LogP contribution in [0.15, 0.2) is 62.0 Å². The topological polar surface area (TPSA) is 115 Å². The third kappa shape index (κ3) is 4.04. The maximum Gasteiger partial charge on any atom is 0.225 e. The summed E-state index contributed by atoms with van der Waals surface area (Å²) in [6.07, 6.45) is 16.5. The first-order chi connectivity index (χ1) is 17.7. The zero-order valence-corrected chi connectivity index (χ0v) is 20.1. The van der Waals surface area contributed by atoms with Gasteiger partial charge in [0.2, 0.25) is 5.95 Å². The van der Waals surface area contributed by atoms with Crippen LogP contribution in [0.1, 0.15) is 30.3 Å². The molecule has 5 aromatic rings. The third-order valence-electron chi connectivity index (χ3n) is 6.34. The van der Waals surface area contributed by atoms with Crippen molar-refractivity contribution >= 4 is 28.5 Å². The lowest BCUT2D eigenvalue weighted by Gasteiger charge is -2.26. The molecular weight excluding hydrogens is 454 g/mol. The Kier molecular flexibility index (Phi) is 5.56. The number of anilines is 3. The van der Waals surface area contributed by atoms with Crippen molar-refractivity contribution < 1.29 is 0 Å². The van der Waals surface area contributed by atoms with Crippen molar-refractivity contribution in [3.8, 4) is 5.82 Å². The Bertz CT molecular complexity index is 1530. The molecule has 11 heteroatoms. The largest absolute Gasteiger partial charge is 0.350 e. The average molecular weight is 480 g/mol. The number of nitrogens with one attached hydrogen (secondary N) is 1. The van der Waals surface area contributed by atoms with Crippen molar-refractivity contribution in [3.05, 3.63) is 78.9 Å². The summed E-state index contributed by atoms with van der Waals surface area (Å²) >= 11 is 0. The van der Waals surface area contributed by atoms with Crippen LogP contribution in [0.4, 0.5) is 17.3 Å². The van der Waals surface area contributed by atoms with Crippen molar-refractivity contribution in [1.82, 2.24) is 44.1 Å². The normalized spacial score (nSPS) is 13.7. The Morgan fingerprint density at radius 2 is 1.86 bits per heavy atom. The van der Waals surface area contributed by atoms with E-state index in [-0.39, 0.29) is 0 Å². The van der Waals surface area contributed by atoms with Crippen molar-refractivity contribution in [2.24, 2.45) is 0 Å². The van der Waals surface area contributed by atoms with E-state index in [1.807, 2.05) is 48.4 Å². The number of hydrogen-bond acceptors (Lipinski definition) is 9. The molecule has 0 saturated heterocycles. The van der Waals surface area contributed by atoms with E-state index in [4.69, 9.17) is 4.98 Å². The van der Waals surface area contributed by atoms with Gasteiger partial charge >= 0.3 is 0 Å². The number of aromatic nitrogens is 9. The Morgan fingerprint density at radius 1 is 0.972 bits per heavy atom. The highest BCUT2D eigenvalue weighted by atomic mass is 15.3. The summed E-state index contributed by atoms with van der Waals surface area (Å²) in [6, 6.07) is 3.87. The Hall–Kier alpha value is -4.67. The molecule has 1 aliphatic heterocycles. The molecule has 0 bridgehead atoms. The zero-order valence-electron chi connectivity index (χ0n) is 20.1. The van der Waals surface area contributed by atoms with E-state index in [9.17, 15) is 0 Å². The monoisotopic (exact) mass is 479 g/mol. The van der Waals surface area contributed by atoms with Gasteiger partial charge in [-0.05, 0) is 43.0 Å². The molecule has 0 amide bonds. The van der Waals surface area contributed by atoms with E-state index in [2.05, 4.69) is 53.2 Å². The van der Waals surface area contributed by atoms with Crippen LogP contribution >= 0.6 is 0 Å². The standard InChI is InChI=1S/C25H25N11/c1-3-18-10-29-25(30-11-18)34-8-6-19(7-9-34)22-13-28-24-21(12-26-15-35(22)24)33-20-4-5-23(32-17(20)2)36-16-27-14-31-36/h4-6,10-16,33H,3,7-9H2,1-2H3. The molecule has 11 nitrogen and oxygen atoms in total. The van der Waals surface area contributed by atoms with Crippen LogP contribution in [0, 0.1) is 6.92 Å². The highest BCUT2D eigenvalue weighted by Gasteiger charge is 2.19. The van der Waals surface area contributed by atoms with E-state index in [0.717, 1.165) is 65.9 Å². The molecule has 36 heavy (non-hydrogen) atoms. The Labute approximate surface area is 207 Å². The van der Waals surface area contributed by atoms with E-state index >= 15 is 0 Å². The minimum absolute atomic E-state index is 0.708. The first-order valence-corrected chi connectivity index (χ1v) is 11.9. The summed E-state index contributed by atoms with van der Waals surface area (Å²) in [4.78, 5) is 29.0. The summed E-state index contributed by atoms with van der Waals surface area (Å²) in [5.74, 6) is 1.48. The molecule has 180 valence electrons. The lowest BCUT2D eigenvalue weighted by molar-refractivity contribution is 0.789. The molecule has 0 radical (unpaired) electrons. The Balaban J connectivity index is 1.23. The lowest BCUT2D eigenvalue weighted by Crippen LogP contribution is -2.30. The van der Waals surface area contributed by atoms with Crippen LogP contribution in [0.5, 0.6) is 0 Å². The minimum atomic E-state index is 0.708. The van der Waals surface area contributed by atoms with Crippen LogP contribution in [0.25, 0.3) is 17.0 Å². The molecule has 6 heterocycles. The van der Waals surface area contributed by atoms with Gasteiger partial charge in [-0.25, -0.2) is 34.6 Å². The first-order valence-electron chi connectivity index (χ1n) is 11.9. The van der Waals surface area contributed by atoms with E-state index in [1.165, 1.54) is 11.9 Å². The maximum atomic E-state index is 4.71. The van der Waals surface area contributed by atoms with Gasteiger partial charge in [0.25, 0.3) is 0 Å². The van der Waals surface area contributed by atoms with Crippen molar-refractivity contribution in [2.45, 2.75) is 26.7 Å². The molecule has 0 aliphatic carbocycles. The van der Waals surface area contributed by atoms with Crippen molar-refractivity contribution in [2.75, 3.05) is 23.3 Å². The van der Waals surface area contributed by atoms with E-state index < -0.39 is 0 Å². The van der Waals surface area contributed by atoms with Gasteiger partial charge in [-0.1, -0.05) is 13.0 Å². The highest BCUT2D eigenvalue weighted by Crippen LogP contribution is 2.28. The molecule has 0 aromatic carbocycles. The highest BCUT2D eigenvalue weighted by molar-refractivity contribution is 5.77. The Morgan fingerprint density at radius 3 is 2.58 bits per heavy atom. The predicted molar refractivity (Wildman–Crippen MR) is 136 cm³/mol. The molecule has 1 N–H and O–H groups in total. The number of hydrogen-bond donors (Lipinski definition) is 1. The molecule has 1 aliphatic rings. The van der Waals surface area contributed by atoms with Crippen LogP contribution in [-0.2, 0) is 6.42 Å². The van der Waals surface area contributed by atoms with Crippen LogP contribution in [-0.4, -0.2) is 57.2 Å². The molecule has 5 aromatic heterocycles. The number of imidazole rings is 1. The fourth-order valence-electron chi connectivity index (χ4n) is 4.29. The minimum Gasteiger partial charge on any atom is -0.350 e. The van der Waals surface area contributed by atoms with Gasteiger partial charge in [-0.3, -0.25) is 4.40 Å². The average Bonchev–Trinajstić information content (AvgIpc) is 3.61. The van der Waals surface area contributed by atoms with Crippen LogP contribution in [0.3, 0.4) is 0 Å². The molecule has 6 rings (SSSR count). The SMILES string of the molecule is CCc1cnc(N2CC=C(c3cnc4c(Nc5ccc(-n6cncn6)nc5C)cncn34)CC2)nc1. The molecular formula is C25H25N11. The number of pyridine rings is 1. The number of aryl methyl sites for hydroxylation is 2. The predicted octanol–water partition coefficient (Wildman–Crippen LogP) is 3.40. The molecule has 0 fully saturated rings. The molecule has 0 saturated carbocycles. The zero-order chi connectivity index (χ0) is 24.5. The van der Waals surface area contributed by atoms with Crippen molar-refractivity contribution in [1.29, 1.82) is 0 Å². The summed E-state index contributed by atoms with van der Waals surface area (Å²) < 4.78 is 3.66. The summed E-state index contributed by atoms with van der Waals surface area (Å²) in [5, 5.41) is 7.59. The summed E-state index contributed by atoms with van der Waals surface area (Å²) in [5.41, 5.74) is 6.75. The molecule has 0 spiro atoms. The maximum absolute atomic E-state index is 4.71. The number of fused-ring (bicyclic) bond motifs is 1. The van der Waals surface area contributed by atoms with Gasteiger partial charge in [0.15, 0.2) is 11.5 Å². The lowest BCUT2D eigenvalue weighted by atomic mass is 10.1. The van der Waals surface area contributed by atoms with Gasteiger partial charge in [0, 0.05) is 25.5 Å². The first kappa shape index (κ1) is 21.8. The fourth-order valence-corrected chi connectivity index (χ4v) is 4.29. The summed E-state index contributed by atoms with van der Waals surface area (Å²) in [6.45, 7) is 5.65. The third-order valence-corrected chi connectivity index (χ3v) is 6.34. The van der Waals surface area contributed by atoms with Gasteiger partial charge in [0.05, 0.1) is 29.5 Å². The number of nitrogens with zero attached hydrogens (tertiary/aromatic N) is 10. The smallest absolute Gasteiger partial charge is 0.225 e. The second-order valence-electron chi connectivity index (χ2n) is 8.58. The van der Waals surface area contributed by atoms with Gasteiger partial charge in [-0.2, -0.15) is 5.10 Å². The van der Waals surface area contributed by atoms with Crippen molar-refractivity contribution in [3.63, 3.8) is 0 Å². The molecule has 0 unspecified atom stereocenters. The second-order valence-corrected chi connectivity index (χ2v) is 8.58. The van der Waals surface area contributed by atoms with E-state index in [1.54, 1.807) is 17.2 Å². The van der Waals surface area contributed by atoms with Crippen LogP contribution < -0.4 is 10.2 Å². The summed E-state index contributed by atoms with van der Waals surface area (Å²) in [7, 11) is 0. The van der Waals surface area contributed by atoms with Gasteiger partial charge in [0.1, 0.15) is 24.7 Å². The molecule has 0 atom stereocenters. The van der Waals surface area contributed by atoms with Crippen LogP contribution in [0.2, 0.25) is 0 Å². The second kappa shape index (κ2) is 9.17. The number of rotatable bonds is 6. The van der Waals surface area contributed by atoms with Gasteiger partial charge < -0.3 is 10.2 Å². The quantitative estimate of drug-likeness (QED) is 0.391. The van der Waals surface area contributed by atoms with Gasteiger partial charge in [-0.15, -0.1) is 0 Å².